The van der Waals surface area contributed by atoms with E-state index in [4.69, 9.17) is 14.5 Å². The third-order valence-corrected chi connectivity index (χ3v) is 5.40. The van der Waals surface area contributed by atoms with Crippen molar-refractivity contribution in [1.29, 1.82) is 0 Å². The molecule has 0 bridgehead atoms. The zero-order valence-corrected chi connectivity index (χ0v) is 15.5. The Balaban J connectivity index is 1.52. The van der Waals surface area contributed by atoms with Gasteiger partial charge in [-0.05, 0) is 38.0 Å². The Bertz CT molecular complexity index is 804. The van der Waals surface area contributed by atoms with Crippen LogP contribution in [0.2, 0.25) is 0 Å². The Hall–Kier alpha value is -1.96. The molecule has 26 heavy (non-hydrogen) atoms. The van der Waals surface area contributed by atoms with Crippen LogP contribution in [0.4, 0.5) is 5.69 Å². The van der Waals surface area contributed by atoms with Crippen molar-refractivity contribution in [2.75, 3.05) is 38.2 Å². The van der Waals surface area contributed by atoms with Gasteiger partial charge in [0.25, 0.3) is 5.91 Å². The molecule has 1 aromatic heterocycles. The Morgan fingerprint density at radius 3 is 2.85 bits per heavy atom. The van der Waals surface area contributed by atoms with Crippen molar-refractivity contribution >= 4 is 22.6 Å². The second-order valence-electron chi connectivity index (χ2n) is 7.32. The molecule has 1 aromatic carbocycles. The smallest absolute Gasteiger partial charge is 0.256 e. The Kier molecular flexibility index (Phi) is 4.69. The summed E-state index contributed by atoms with van der Waals surface area (Å²) in [4.78, 5) is 19.7. The fourth-order valence-corrected chi connectivity index (χ4v) is 3.65. The first-order valence-corrected chi connectivity index (χ1v) is 9.26. The molecule has 0 aliphatic carbocycles. The van der Waals surface area contributed by atoms with E-state index in [0.717, 1.165) is 68.2 Å². The molecule has 2 saturated heterocycles. The maximum absolute atomic E-state index is 12.5. The predicted molar refractivity (Wildman–Crippen MR) is 99.0 cm³/mol. The van der Waals surface area contributed by atoms with E-state index in [0.29, 0.717) is 6.61 Å². The van der Waals surface area contributed by atoms with Crippen LogP contribution in [0.5, 0.6) is 0 Å². The lowest BCUT2D eigenvalue weighted by atomic mass is 10.0. The van der Waals surface area contributed by atoms with Gasteiger partial charge in [0, 0.05) is 32.4 Å². The van der Waals surface area contributed by atoms with Crippen LogP contribution in [-0.2, 0) is 27.9 Å². The van der Waals surface area contributed by atoms with Crippen LogP contribution in [-0.4, -0.2) is 58.9 Å². The minimum atomic E-state index is -0.722. The summed E-state index contributed by atoms with van der Waals surface area (Å²) in [5, 5.41) is 2.99. The van der Waals surface area contributed by atoms with E-state index < -0.39 is 5.60 Å². The molecule has 7 nitrogen and oxygen atoms in total. The number of nitrogens with zero attached hydrogens (tertiary/aromatic N) is 3. The summed E-state index contributed by atoms with van der Waals surface area (Å²) in [6.45, 7) is 6.74. The van der Waals surface area contributed by atoms with E-state index in [9.17, 15) is 4.79 Å². The lowest BCUT2D eigenvalue weighted by Gasteiger charge is -2.26. The number of imidazole rings is 1. The molecule has 140 valence electrons. The van der Waals surface area contributed by atoms with E-state index >= 15 is 0 Å². The van der Waals surface area contributed by atoms with E-state index in [1.54, 1.807) is 0 Å². The number of aryl methyl sites for hydroxylation is 1. The van der Waals surface area contributed by atoms with E-state index in [1.165, 1.54) is 0 Å². The topological polar surface area (TPSA) is 68.6 Å². The number of hydrogen-bond donors (Lipinski definition) is 1. The largest absolute Gasteiger partial charge is 0.379 e. The third-order valence-electron chi connectivity index (χ3n) is 5.40. The summed E-state index contributed by atoms with van der Waals surface area (Å²) < 4.78 is 13.2. The molecular formula is C19H26N4O3. The zero-order valence-electron chi connectivity index (χ0n) is 15.5. The zero-order chi connectivity index (χ0) is 18.1. The SMILES string of the molecule is Cn1c(CN2CCOCC2)nc2cc(NC(=O)C3(C)CCCO3)ccc21. The average Bonchev–Trinajstić information content (AvgIpc) is 3.21. The minimum absolute atomic E-state index is 0.0844. The fourth-order valence-electron chi connectivity index (χ4n) is 3.65. The molecule has 7 heteroatoms. The van der Waals surface area contributed by atoms with Gasteiger partial charge >= 0.3 is 0 Å². The fraction of sp³-hybridized carbons (Fsp3) is 0.579. The molecule has 1 atom stereocenters. The van der Waals surface area contributed by atoms with Crippen molar-refractivity contribution < 1.29 is 14.3 Å². The van der Waals surface area contributed by atoms with Gasteiger partial charge in [0.1, 0.15) is 11.4 Å². The lowest BCUT2D eigenvalue weighted by molar-refractivity contribution is -0.133. The van der Waals surface area contributed by atoms with Crippen molar-refractivity contribution in [3.8, 4) is 0 Å². The molecule has 4 rings (SSSR count). The van der Waals surface area contributed by atoms with Crippen molar-refractivity contribution in [3.05, 3.63) is 24.0 Å². The molecule has 1 N–H and O–H groups in total. The molecule has 2 aromatic rings. The van der Waals surface area contributed by atoms with Gasteiger partial charge in [-0.25, -0.2) is 4.98 Å². The summed E-state index contributed by atoms with van der Waals surface area (Å²) in [5.74, 6) is 0.940. The monoisotopic (exact) mass is 358 g/mol. The molecule has 1 amide bonds. The molecule has 2 aliphatic heterocycles. The van der Waals surface area contributed by atoms with Crippen LogP contribution in [0, 0.1) is 0 Å². The van der Waals surface area contributed by atoms with Crippen molar-refractivity contribution in [1.82, 2.24) is 14.5 Å². The van der Waals surface area contributed by atoms with Crippen LogP contribution >= 0.6 is 0 Å². The minimum Gasteiger partial charge on any atom is -0.379 e. The molecule has 2 aliphatic rings. The van der Waals surface area contributed by atoms with Gasteiger partial charge in [0.05, 0.1) is 30.8 Å². The number of ether oxygens (including phenoxy) is 2. The summed E-state index contributed by atoms with van der Waals surface area (Å²) in [6.07, 6.45) is 1.68. The second kappa shape index (κ2) is 6.98. The van der Waals surface area contributed by atoms with Gasteiger partial charge in [-0.15, -0.1) is 0 Å². The quantitative estimate of drug-likeness (QED) is 0.904. The molecule has 2 fully saturated rings. The predicted octanol–water partition coefficient (Wildman–Crippen LogP) is 1.91. The Morgan fingerprint density at radius 2 is 2.12 bits per heavy atom. The number of nitrogens with one attached hydrogen (secondary N) is 1. The number of fused-ring (bicyclic) bond motifs is 1. The number of hydrogen-bond acceptors (Lipinski definition) is 5. The molecule has 3 heterocycles. The first-order chi connectivity index (χ1) is 12.5. The van der Waals surface area contributed by atoms with E-state index in [-0.39, 0.29) is 5.91 Å². The molecule has 0 radical (unpaired) electrons. The van der Waals surface area contributed by atoms with Crippen molar-refractivity contribution in [2.45, 2.75) is 31.9 Å². The molecule has 0 spiro atoms. The highest BCUT2D eigenvalue weighted by atomic mass is 16.5. The lowest BCUT2D eigenvalue weighted by Crippen LogP contribution is -2.39. The highest BCUT2D eigenvalue weighted by Crippen LogP contribution is 2.27. The van der Waals surface area contributed by atoms with E-state index in [2.05, 4.69) is 14.8 Å². The summed E-state index contributed by atoms with van der Waals surface area (Å²) >= 11 is 0. The number of carbonyl (C=O) groups is 1. The van der Waals surface area contributed by atoms with E-state index in [1.807, 2.05) is 32.2 Å². The number of anilines is 1. The first-order valence-electron chi connectivity index (χ1n) is 9.26. The van der Waals surface area contributed by atoms with Crippen LogP contribution in [0.25, 0.3) is 11.0 Å². The Labute approximate surface area is 153 Å². The number of amides is 1. The molecule has 1 unspecified atom stereocenters. The number of benzene rings is 1. The number of rotatable bonds is 4. The van der Waals surface area contributed by atoms with Crippen LogP contribution < -0.4 is 5.32 Å². The summed E-state index contributed by atoms with van der Waals surface area (Å²) in [7, 11) is 2.04. The standard InChI is InChI=1S/C19H26N4O3/c1-19(6-3-9-26-19)18(24)20-14-4-5-16-15(12-14)21-17(22(16)2)13-23-7-10-25-11-8-23/h4-5,12H,3,6-11,13H2,1-2H3,(H,20,24). The highest BCUT2D eigenvalue weighted by molar-refractivity contribution is 5.98. The van der Waals surface area contributed by atoms with Crippen LogP contribution in [0.15, 0.2) is 18.2 Å². The summed E-state index contributed by atoms with van der Waals surface area (Å²) in [6, 6.07) is 5.88. The van der Waals surface area contributed by atoms with Gasteiger partial charge in [0.2, 0.25) is 0 Å². The van der Waals surface area contributed by atoms with Gasteiger partial charge < -0.3 is 19.4 Å². The number of aromatic nitrogens is 2. The maximum Gasteiger partial charge on any atom is 0.256 e. The molecule has 0 saturated carbocycles. The average molecular weight is 358 g/mol. The van der Waals surface area contributed by atoms with Crippen molar-refractivity contribution in [3.63, 3.8) is 0 Å². The number of carbonyl (C=O) groups excluding carboxylic acids is 1. The van der Waals surface area contributed by atoms with Crippen LogP contribution in [0.1, 0.15) is 25.6 Å². The first kappa shape index (κ1) is 17.5. The normalized spacial score (nSPS) is 24.2. The van der Waals surface area contributed by atoms with Gasteiger partial charge in [0.15, 0.2) is 0 Å². The van der Waals surface area contributed by atoms with Gasteiger partial charge in [-0.1, -0.05) is 0 Å². The number of morpholine rings is 1. The van der Waals surface area contributed by atoms with Gasteiger partial charge in [-0.2, -0.15) is 0 Å². The highest BCUT2D eigenvalue weighted by Gasteiger charge is 2.37. The van der Waals surface area contributed by atoms with Crippen LogP contribution in [0.3, 0.4) is 0 Å². The second-order valence-corrected chi connectivity index (χ2v) is 7.32. The maximum atomic E-state index is 12.5. The van der Waals surface area contributed by atoms with Crippen molar-refractivity contribution in [2.24, 2.45) is 7.05 Å². The third kappa shape index (κ3) is 3.34. The summed E-state index contributed by atoms with van der Waals surface area (Å²) in [5.41, 5.74) is 2.00. The van der Waals surface area contributed by atoms with Gasteiger partial charge in [-0.3, -0.25) is 9.69 Å². The Morgan fingerprint density at radius 1 is 1.31 bits per heavy atom. The molecular weight excluding hydrogens is 332 g/mol.